The van der Waals surface area contributed by atoms with Crippen molar-refractivity contribution in [2.24, 2.45) is 0 Å². The molecule has 1 aliphatic carbocycles. The summed E-state index contributed by atoms with van der Waals surface area (Å²) >= 11 is 0. The summed E-state index contributed by atoms with van der Waals surface area (Å²) in [5.41, 5.74) is 4.42. The highest BCUT2D eigenvalue weighted by Crippen LogP contribution is 2.26. The molecule has 1 fully saturated rings. The van der Waals surface area contributed by atoms with Crippen LogP contribution in [0.3, 0.4) is 0 Å². The summed E-state index contributed by atoms with van der Waals surface area (Å²) in [6.45, 7) is 2.32. The van der Waals surface area contributed by atoms with E-state index >= 15 is 0 Å². The molecule has 3 aromatic rings. The number of nitrogens with zero attached hydrogens (tertiary/aromatic N) is 5. The molecule has 0 radical (unpaired) electrons. The van der Waals surface area contributed by atoms with E-state index in [2.05, 4.69) is 5.10 Å². The van der Waals surface area contributed by atoms with Crippen molar-refractivity contribution >= 4 is 15.9 Å². The van der Waals surface area contributed by atoms with Crippen LogP contribution in [-0.4, -0.2) is 78.0 Å². The molecular formula is C26H31N5O3S. The van der Waals surface area contributed by atoms with Crippen LogP contribution in [0.5, 0.6) is 0 Å². The lowest BCUT2D eigenvalue weighted by atomic mass is 10.1. The second kappa shape index (κ2) is 9.93. The first-order valence-electron chi connectivity index (χ1n) is 12.1. The van der Waals surface area contributed by atoms with Crippen LogP contribution in [0.1, 0.15) is 23.1 Å². The molecule has 1 aromatic heterocycles. The van der Waals surface area contributed by atoms with Crippen molar-refractivity contribution in [3.63, 3.8) is 0 Å². The highest BCUT2D eigenvalue weighted by atomic mass is 32.2. The van der Waals surface area contributed by atoms with Crippen molar-refractivity contribution in [2.75, 3.05) is 39.8 Å². The van der Waals surface area contributed by atoms with E-state index in [1.165, 1.54) is 9.87 Å². The molecule has 0 spiro atoms. The summed E-state index contributed by atoms with van der Waals surface area (Å²) in [6.07, 6.45) is 6.85. The Labute approximate surface area is 206 Å². The van der Waals surface area contributed by atoms with E-state index in [0.29, 0.717) is 37.6 Å². The summed E-state index contributed by atoms with van der Waals surface area (Å²) in [5.74, 6) is 0.0116. The van der Waals surface area contributed by atoms with Crippen LogP contribution in [0.4, 0.5) is 0 Å². The summed E-state index contributed by atoms with van der Waals surface area (Å²) in [4.78, 5) is 17.0. The van der Waals surface area contributed by atoms with Gasteiger partial charge in [-0.1, -0.05) is 24.3 Å². The van der Waals surface area contributed by atoms with Crippen LogP contribution < -0.4 is 0 Å². The van der Waals surface area contributed by atoms with Crippen molar-refractivity contribution in [3.8, 4) is 5.69 Å². The number of fused-ring (bicyclic) bond motifs is 1. The number of para-hydroxylation sites is 1. The number of rotatable bonds is 7. The van der Waals surface area contributed by atoms with Crippen LogP contribution >= 0.6 is 0 Å². The van der Waals surface area contributed by atoms with Gasteiger partial charge in [0.25, 0.3) is 0 Å². The SMILES string of the molecule is CN(CC(=O)N1CCN(S(=O)(=O)c2ccc3c(c2)CCC3)CC1)Cc1cnn(-c2ccccc2)c1. The van der Waals surface area contributed by atoms with Gasteiger partial charge < -0.3 is 4.90 Å². The van der Waals surface area contributed by atoms with Gasteiger partial charge in [0.05, 0.1) is 23.3 Å². The number of amides is 1. The van der Waals surface area contributed by atoms with Gasteiger partial charge in [-0.15, -0.1) is 0 Å². The molecule has 35 heavy (non-hydrogen) atoms. The average Bonchev–Trinajstić information content (AvgIpc) is 3.53. The average molecular weight is 494 g/mol. The minimum atomic E-state index is -3.54. The molecule has 2 aliphatic rings. The molecule has 184 valence electrons. The molecule has 1 amide bonds. The van der Waals surface area contributed by atoms with Crippen LogP contribution in [0.2, 0.25) is 0 Å². The largest absolute Gasteiger partial charge is 0.339 e. The lowest BCUT2D eigenvalue weighted by Gasteiger charge is -2.34. The molecule has 0 unspecified atom stereocenters. The number of benzene rings is 2. The smallest absolute Gasteiger partial charge is 0.243 e. The molecule has 0 N–H and O–H groups in total. The molecule has 9 heteroatoms. The molecule has 2 aromatic carbocycles. The van der Waals surface area contributed by atoms with Crippen molar-refractivity contribution in [1.29, 1.82) is 0 Å². The zero-order valence-corrected chi connectivity index (χ0v) is 20.8. The minimum absolute atomic E-state index is 0.0116. The third kappa shape index (κ3) is 5.17. The summed E-state index contributed by atoms with van der Waals surface area (Å²) in [7, 11) is -1.63. The molecule has 5 rings (SSSR count). The van der Waals surface area contributed by atoms with Crippen LogP contribution in [0, 0.1) is 0 Å². The summed E-state index contributed by atoms with van der Waals surface area (Å²) < 4.78 is 29.6. The first-order chi connectivity index (χ1) is 16.9. The quantitative estimate of drug-likeness (QED) is 0.505. The Morgan fingerprint density at radius 1 is 1.00 bits per heavy atom. The predicted octanol–water partition coefficient (Wildman–Crippen LogP) is 2.33. The van der Waals surface area contributed by atoms with Gasteiger partial charge in [0.1, 0.15) is 0 Å². The third-order valence-corrected chi connectivity index (χ3v) is 8.71. The standard InChI is InChI=1S/C26H31N5O3S/c1-28(18-21-17-27-31(19-21)24-8-3-2-4-9-24)20-26(32)29-12-14-30(15-13-29)35(33,34)25-11-10-22-6-5-7-23(22)16-25/h2-4,8-11,16-17,19H,5-7,12-15,18,20H2,1H3. The fraction of sp³-hybridized carbons (Fsp3) is 0.385. The lowest BCUT2D eigenvalue weighted by molar-refractivity contribution is -0.133. The second-order valence-electron chi connectivity index (χ2n) is 9.37. The molecule has 0 saturated carbocycles. The maximum Gasteiger partial charge on any atom is 0.243 e. The molecular weight excluding hydrogens is 462 g/mol. The van der Waals surface area contributed by atoms with E-state index in [0.717, 1.165) is 36.1 Å². The van der Waals surface area contributed by atoms with Gasteiger partial charge >= 0.3 is 0 Å². The van der Waals surface area contributed by atoms with E-state index in [9.17, 15) is 13.2 Å². The Kier molecular flexibility index (Phi) is 6.73. The highest BCUT2D eigenvalue weighted by molar-refractivity contribution is 7.89. The Morgan fingerprint density at radius 2 is 1.74 bits per heavy atom. The predicted molar refractivity (Wildman–Crippen MR) is 134 cm³/mol. The van der Waals surface area contributed by atoms with Crippen molar-refractivity contribution in [1.82, 2.24) is 23.9 Å². The molecule has 1 aliphatic heterocycles. The van der Waals surface area contributed by atoms with E-state index in [4.69, 9.17) is 0 Å². The number of hydrogen-bond acceptors (Lipinski definition) is 5. The zero-order valence-electron chi connectivity index (χ0n) is 20.0. The molecule has 2 heterocycles. The van der Waals surface area contributed by atoms with Gasteiger partial charge in [-0.25, -0.2) is 13.1 Å². The van der Waals surface area contributed by atoms with Gasteiger partial charge in [0, 0.05) is 44.5 Å². The van der Waals surface area contributed by atoms with E-state index < -0.39 is 10.0 Å². The Bertz CT molecular complexity index is 1300. The summed E-state index contributed by atoms with van der Waals surface area (Å²) in [6, 6.07) is 15.4. The van der Waals surface area contributed by atoms with Crippen molar-refractivity contribution < 1.29 is 13.2 Å². The van der Waals surface area contributed by atoms with E-state index in [1.807, 2.05) is 71.5 Å². The van der Waals surface area contributed by atoms with Crippen LogP contribution in [0.25, 0.3) is 5.69 Å². The van der Waals surface area contributed by atoms with Crippen molar-refractivity contribution in [3.05, 3.63) is 77.6 Å². The van der Waals surface area contributed by atoms with Gasteiger partial charge in [0.2, 0.25) is 15.9 Å². The lowest BCUT2D eigenvalue weighted by Crippen LogP contribution is -2.52. The minimum Gasteiger partial charge on any atom is -0.339 e. The fourth-order valence-electron chi connectivity index (χ4n) is 4.90. The molecule has 0 atom stereocenters. The first-order valence-corrected chi connectivity index (χ1v) is 13.5. The third-order valence-electron chi connectivity index (χ3n) is 6.81. The highest BCUT2D eigenvalue weighted by Gasteiger charge is 2.31. The van der Waals surface area contributed by atoms with Crippen molar-refractivity contribution in [2.45, 2.75) is 30.7 Å². The number of carbonyl (C=O) groups is 1. The monoisotopic (exact) mass is 493 g/mol. The van der Waals surface area contributed by atoms with Gasteiger partial charge in [-0.05, 0) is 61.7 Å². The molecule has 8 nitrogen and oxygen atoms in total. The second-order valence-corrected chi connectivity index (χ2v) is 11.3. The number of hydrogen-bond donors (Lipinski definition) is 0. The number of carbonyl (C=O) groups excluding carboxylic acids is 1. The summed E-state index contributed by atoms with van der Waals surface area (Å²) in [5, 5.41) is 4.42. The van der Waals surface area contributed by atoms with Gasteiger partial charge in [0.15, 0.2) is 0 Å². The van der Waals surface area contributed by atoms with E-state index in [-0.39, 0.29) is 12.5 Å². The Hall–Kier alpha value is -3.01. The van der Waals surface area contributed by atoms with Gasteiger partial charge in [-0.3, -0.25) is 9.69 Å². The fourth-order valence-corrected chi connectivity index (χ4v) is 6.37. The number of piperazine rings is 1. The number of aromatic nitrogens is 2. The van der Waals surface area contributed by atoms with E-state index in [1.54, 1.807) is 11.0 Å². The number of sulfonamides is 1. The Balaban J connectivity index is 1.13. The normalized spacial score (nSPS) is 16.6. The maximum absolute atomic E-state index is 13.2. The zero-order chi connectivity index (χ0) is 24.4. The molecule has 0 bridgehead atoms. The first kappa shape index (κ1) is 23.7. The molecule has 1 saturated heterocycles. The number of aryl methyl sites for hydroxylation is 2. The van der Waals surface area contributed by atoms with Crippen LogP contribution in [-0.2, 0) is 34.2 Å². The number of likely N-dealkylation sites (N-methyl/N-ethyl adjacent to an activating group) is 1. The topological polar surface area (TPSA) is 78.8 Å². The van der Waals surface area contributed by atoms with Crippen LogP contribution in [0.15, 0.2) is 65.8 Å². The Morgan fingerprint density at radius 3 is 2.51 bits per heavy atom. The maximum atomic E-state index is 13.2. The van der Waals surface area contributed by atoms with Gasteiger partial charge in [-0.2, -0.15) is 9.40 Å².